The monoisotopic (exact) mass is 235 g/mol. The Morgan fingerprint density at radius 1 is 1.53 bits per heavy atom. The number of nitrogens with zero attached hydrogens (tertiary/aromatic N) is 3. The molecule has 0 aromatic carbocycles. The molecule has 0 unspecified atom stereocenters. The zero-order valence-corrected chi connectivity index (χ0v) is 10.6. The van der Waals surface area contributed by atoms with Gasteiger partial charge in [0.05, 0.1) is 5.69 Å². The summed E-state index contributed by atoms with van der Waals surface area (Å²) in [6.45, 7) is 1.64. The Bertz CT molecular complexity index is 428. The van der Waals surface area contributed by atoms with Crippen molar-refractivity contribution in [3.8, 4) is 0 Å². The average Bonchev–Trinajstić information content (AvgIpc) is 2.26. The van der Waals surface area contributed by atoms with Crippen LogP contribution in [0, 0.1) is 0 Å². The van der Waals surface area contributed by atoms with Crippen molar-refractivity contribution in [2.75, 3.05) is 26.0 Å². The van der Waals surface area contributed by atoms with Crippen LogP contribution in [-0.4, -0.2) is 38.3 Å². The average molecular weight is 235 g/mol. The minimum Gasteiger partial charge on any atom is -0.461 e. The zero-order chi connectivity index (χ0) is 12.8. The number of hydrogen-bond donors (Lipinski definition) is 0. The van der Waals surface area contributed by atoms with Gasteiger partial charge in [-0.15, -0.1) is 0 Å². The molecule has 92 valence electrons. The van der Waals surface area contributed by atoms with Gasteiger partial charge < -0.3 is 9.64 Å². The quantitative estimate of drug-likeness (QED) is 0.582. The standard InChI is InChI=1S/C12H17N3O2/c1-9(16)17-8-10-5-11(7-13-2)14-12(6-10)15(3)4/h5-7H,8H2,1-4H3. The normalized spacial score (nSPS) is 10.6. The molecule has 0 aliphatic rings. The van der Waals surface area contributed by atoms with Crippen LogP contribution in [0.5, 0.6) is 0 Å². The van der Waals surface area contributed by atoms with E-state index in [-0.39, 0.29) is 12.6 Å². The number of pyridine rings is 1. The number of rotatable bonds is 4. The van der Waals surface area contributed by atoms with Gasteiger partial charge in [0, 0.05) is 34.3 Å². The van der Waals surface area contributed by atoms with Crippen molar-refractivity contribution in [2.24, 2.45) is 4.99 Å². The number of carbonyl (C=O) groups is 1. The van der Waals surface area contributed by atoms with Crippen LogP contribution < -0.4 is 4.90 Å². The molecule has 0 saturated heterocycles. The topological polar surface area (TPSA) is 54.8 Å². The summed E-state index contributed by atoms with van der Waals surface area (Å²) < 4.78 is 4.97. The lowest BCUT2D eigenvalue weighted by Gasteiger charge is -2.13. The van der Waals surface area contributed by atoms with Crippen molar-refractivity contribution in [1.82, 2.24) is 4.98 Å². The van der Waals surface area contributed by atoms with Crippen LogP contribution in [0.3, 0.4) is 0 Å². The number of aliphatic imine (C=N–C) groups is 1. The Labute approximate surface area is 101 Å². The first-order chi connectivity index (χ1) is 8.02. The lowest BCUT2D eigenvalue weighted by Crippen LogP contribution is -2.12. The summed E-state index contributed by atoms with van der Waals surface area (Å²) in [6.07, 6.45) is 1.67. The van der Waals surface area contributed by atoms with Gasteiger partial charge in [0.1, 0.15) is 12.4 Å². The molecule has 0 amide bonds. The molecule has 0 aliphatic heterocycles. The van der Waals surface area contributed by atoms with Crippen molar-refractivity contribution < 1.29 is 9.53 Å². The molecule has 1 aromatic rings. The molecule has 0 aliphatic carbocycles. The van der Waals surface area contributed by atoms with Gasteiger partial charge in [-0.2, -0.15) is 0 Å². The molecular weight excluding hydrogens is 218 g/mol. The van der Waals surface area contributed by atoms with Gasteiger partial charge >= 0.3 is 5.97 Å². The van der Waals surface area contributed by atoms with Crippen LogP contribution in [0.4, 0.5) is 5.82 Å². The predicted molar refractivity (Wildman–Crippen MR) is 67.6 cm³/mol. The largest absolute Gasteiger partial charge is 0.461 e. The first-order valence-electron chi connectivity index (χ1n) is 5.26. The van der Waals surface area contributed by atoms with E-state index in [1.165, 1.54) is 6.92 Å². The van der Waals surface area contributed by atoms with Gasteiger partial charge in [0.15, 0.2) is 0 Å². The molecule has 1 heterocycles. The highest BCUT2D eigenvalue weighted by atomic mass is 16.5. The first-order valence-corrected chi connectivity index (χ1v) is 5.26. The van der Waals surface area contributed by atoms with E-state index in [1.807, 2.05) is 31.1 Å². The van der Waals surface area contributed by atoms with Crippen LogP contribution in [0.15, 0.2) is 17.1 Å². The Morgan fingerprint density at radius 3 is 2.76 bits per heavy atom. The first kappa shape index (κ1) is 13.2. The van der Waals surface area contributed by atoms with Crippen LogP contribution >= 0.6 is 0 Å². The molecule has 1 aromatic heterocycles. The summed E-state index contributed by atoms with van der Waals surface area (Å²) in [7, 11) is 5.51. The lowest BCUT2D eigenvalue weighted by atomic mass is 10.2. The Hall–Kier alpha value is -1.91. The summed E-state index contributed by atoms with van der Waals surface area (Å²) in [5, 5.41) is 0. The molecule has 0 fully saturated rings. The summed E-state index contributed by atoms with van der Waals surface area (Å²) >= 11 is 0. The molecule has 0 bridgehead atoms. The van der Waals surface area contributed by atoms with Crippen LogP contribution in [0.1, 0.15) is 18.2 Å². The second kappa shape index (κ2) is 5.98. The summed E-state index contributed by atoms with van der Waals surface area (Å²) in [5.41, 5.74) is 1.65. The number of aromatic nitrogens is 1. The Kier molecular flexibility index (Phi) is 4.63. The summed E-state index contributed by atoms with van der Waals surface area (Å²) in [5.74, 6) is 0.517. The fourth-order valence-corrected chi connectivity index (χ4v) is 1.29. The van der Waals surface area contributed by atoms with E-state index in [9.17, 15) is 4.79 Å². The number of esters is 1. The van der Waals surface area contributed by atoms with Gasteiger partial charge in [0.2, 0.25) is 0 Å². The van der Waals surface area contributed by atoms with Crippen LogP contribution in [0.2, 0.25) is 0 Å². The Morgan fingerprint density at radius 2 is 2.24 bits per heavy atom. The fourth-order valence-electron chi connectivity index (χ4n) is 1.29. The van der Waals surface area contributed by atoms with Crippen molar-refractivity contribution in [2.45, 2.75) is 13.5 Å². The minimum atomic E-state index is -0.293. The highest BCUT2D eigenvalue weighted by molar-refractivity contribution is 5.78. The predicted octanol–water partition coefficient (Wildman–Crippen LogP) is 1.26. The van der Waals surface area contributed by atoms with Gasteiger partial charge in [0.25, 0.3) is 0 Å². The van der Waals surface area contributed by atoms with E-state index in [4.69, 9.17) is 4.74 Å². The van der Waals surface area contributed by atoms with E-state index >= 15 is 0 Å². The number of carbonyl (C=O) groups excluding carboxylic acids is 1. The fraction of sp³-hybridized carbons (Fsp3) is 0.417. The maximum absolute atomic E-state index is 10.8. The molecule has 17 heavy (non-hydrogen) atoms. The number of hydrogen-bond acceptors (Lipinski definition) is 5. The van der Waals surface area contributed by atoms with E-state index in [0.717, 1.165) is 17.1 Å². The molecule has 0 N–H and O–H groups in total. The molecule has 1 rings (SSSR count). The number of ether oxygens (including phenoxy) is 1. The second-order valence-corrected chi connectivity index (χ2v) is 3.82. The zero-order valence-electron chi connectivity index (χ0n) is 10.6. The molecule has 5 heteroatoms. The van der Waals surface area contributed by atoms with E-state index < -0.39 is 0 Å². The molecule has 5 nitrogen and oxygen atoms in total. The lowest BCUT2D eigenvalue weighted by molar-refractivity contribution is -0.142. The summed E-state index contributed by atoms with van der Waals surface area (Å²) in [4.78, 5) is 21.0. The maximum Gasteiger partial charge on any atom is 0.302 e. The van der Waals surface area contributed by atoms with Crippen molar-refractivity contribution in [3.63, 3.8) is 0 Å². The second-order valence-electron chi connectivity index (χ2n) is 3.82. The molecule has 0 saturated carbocycles. The maximum atomic E-state index is 10.8. The molecule has 0 radical (unpaired) electrons. The van der Waals surface area contributed by atoms with Gasteiger partial charge in [-0.1, -0.05) is 0 Å². The van der Waals surface area contributed by atoms with Crippen molar-refractivity contribution >= 4 is 18.0 Å². The van der Waals surface area contributed by atoms with Crippen molar-refractivity contribution in [3.05, 3.63) is 23.4 Å². The van der Waals surface area contributed by atoms with E-state index in [2.05, 4.69) is 9.98 Å². The summed E-state index contributed by atoms with van der Waals surface area (Å²) in [6, 6.07) is 3.74. The third-order valence-electron chi connectivity index (χ3n) is 2.05. The third kappa shape index (κ3) is 4.22. The molecular formula is C12H17N3O2. The van der Waals surface area contributed by atoms with Gasteiger partial charge in [-0.3, -0.25) is 9.79 Å². The SMILES string of the molecule is CN=Cc1cc(COC(C)=O)cc(N(C)C)n1. The van der Waals surface area contributed by atoms with E-state index in [0.29, 0.717) is 0 Å². The van der Waals surface area contributed by atoms with Crippen molar-refractivity contribution in [1.29, 1.82) is 0 Å². The minimum absolute atomic E-state index is 0.253. The highest BCUT2D eigenvalue weighted by Gasteiger charge is 2.04. The van der Waals surface area contributed by atoms with Gasteiger partial charge in [-0.25, -0.2) is 4.98 Å². The van der Waals surface area contributed by atoms with Gasteiger partial charge in [-0.05, 0) is 17.7 Å². The molecule has 0 atom stereocenters. The number of anilines is 1. The molecule has 0 spiro atoms. The van der Waals surface area contributed by atoms with Crippen LogP contribution in [0.25, 0.3) is 0 Å². The van der Waals surface area contributed by atoms with Crippen LogP contribution in [-0.2, 0) is 16.1 Å². The smallest absolute Gasteiger partial charge is 0.302 e. The third-order valence-corrected chi connectivity index (χ3v) is 2.05. The Balaban J connectivity index is 2.99. The highest BCUT2D eigenvalue weighted by Crippen LogP contribution is 2.13. The van der Waals surface area contributed by atoms with E-state index in [1.54, 1.807) is 13.3 Å².